The molecule has 3 N–H and O–H groups in total. The van der Waals surface area contributed by atoms with Crippen LogP contribution in [0.5, 0.6) is 5.75 Å². The highest BCUT2D eigenvalue weighted by atomic mass is 19.1. The third kappa shape index (κ3) is 5.57. The van der Waals surface area contributed by atoms with Crippen molar-refractivity contribution in [3.8, 4) is 5.75 Å². The number of carbonyl (C=O) groups excluding carboxylic acids is 1. The Balaban J connectivity index is 1.48. The number of carboxylic acids is 1. The number of carbonyl (C=O) groups is 2. The molecule has 0 aliphatic carbocycles. The van der Waals surface area contributed by atoms with Gasteiger partial charge in [0.1, 0.15) is 5.39 Å². The molecule has 1 aromatic heterocycles. The van der Waals surface area contributed by atoms with Gasteiger partial charge in [-0.15, -0.1) is 0 Å². The van der Waals surface area contributed by atoms with Gasteiger partial charge in [-0.05, 0) is 47.4 Å². The zero-order valence-corrected chi connectivity index (χ0v) is 19.5. The van der Waals surface area contributed by atoms with E-state index in [4.69, 9.17) is 9.84 Å². The second-order valence-electron chi connectivity index (χ2n) is 8.14. The number of rotatable bonds is 9. The number of hydrogen-bond acceptors (Lipinski definition) is 5. The van der Waals surface area contributed by atoms with E-state index in [-0.39, 0.29) is 41.2 Å². The van der Waals surface area contributed by atoms with E-state index in [1.165, 1.54) is 23.8 Å². The fraction of sp³-hybridized carbons (Fsp3) is 0.185. The number of amides is 1. The van der Waals surface area contributed by atoms with Crippen LogP contribution in [0.15, 0.2) is 65.5 Å². The summed E-state index contributed by atoms with van der Waals surface area (Å²) >= 11 is 0. The third-order valence-electron chi connectivity index (χ3n) is 5.72. The highest BCUT2D eigenvalue weighted by Crippen LogP contribution is 2.25. The number of H-pyrrole nitrogens is 1. The molecule has 0 aliphatic heterocycles. The van der Waals surface area contributed by atoms with Crippen LogP contribution in [0.3, 0.4) is 0 Å². The van der Waals surface area contributed by atoms with Crippen LogP contribution in [0.1, 0.15) is 44.6 Å². The summed E-state index contributed by atoms with van der Waals surface area (Å²) in [6.07, 6.45) is 1.28. The highest BCUT2D eigenvalue weighted by molar-refractivity contribution is 5.93. The van der Waals surface area contributed by atoms with Crippen LogP contribution >= 0.6 is 0 Å². The largest absolute Gasteiger partial charge is 0.489 e. The second-order valence-corrected chi connectivity index (χ2v) is 8.14. The molecule has 0 fully saturated rings. The van der Waals surface area contributed by atoms with E-state index < -0.39 is 23.3 Å². The maximum absolute atomic E-state index is 14.5. The Bertz CT molecular complexity index is 1460. The van der Waals surface area contributed by atoms with E-state index in [0.717, 1.165) is 23.6 Å². The molecule has 0 unspecified atom stereocenters. The summed E-state index contributed by atoms with van der Waals surface area (Å²) in [6, 6.07) is 16.5. The van der Waals surface area contributed by atoms with Crippen molar-refractivity contribution in [1.29, 1.82) is 0 Å². The van der Waals surface area contributed by atoms with Gasteiger partial charge in [0.15, 0.2) is 17.4 Å². The molecule has 4 aromatic rings. The van der Waals surface area contributed by atoms with Gasteiger partial charge in [0, 0.05) is 13.0 Å². The quantitative estimate of drug-likeness (QED) is 0.328. The van der Waals surface area contributed by atoms with Crippen molar-refractivity contribution in [3.63, 3.8) is 0 Å². The van der Waals surface area contributed by atoms with Gasteiger partial charge in [-0.3, -0.25) is 9.59 Å². The molecular weight excluding hydrogens is 465 g/mol. The monoisotopic (exact) mass is 489 g/mol. The molecule has 1 amide bonds. The molecule has 0 radical (unpaired) electrons. The summed E-state index contributed by atoms with van der Waals surface area (Å²) in [7, 11) is 0. The van der Waals surface area contributed by atoms with Gasteiger partial charge < -0.3 is 20.1 Å². The summed E-state index contributed by atoms with van der Waals surface area (Å²) in [5.74, 6) is -2.77. The number of aromatic nitrogens is 2. The van der Waals surface area contributed by atoms with Crippen LogP contribution in [0, 0.1) is 5.82 Å². The van der Waals surface area contributed by atoms with Gasteiger partial charge in [0.2, 0.25) is 0 Å². The van der Waals surface area contributed by atoms with Gasteiger partial charge in [0.05, 0.1) is 17.7 Å². The van der Waals surface area contributed by atoms with Crippen LogP contribution in [0.4, 0.5) is 4.39 Å². The van der Waals surface area contributed by atoms with Gasteiger partial charge in [-0.25, -0.2) is 14.2 Å². The lowest BCUT2D eigenvalue weighted by atomic mass is 10.1. The third-order valence-corrected chi connectivity index (χ3v) is 5.72. The molecule has 0 bridgehead atoms. The molecule has 0 spiro atoms. The standard InChI is InChI=1S/C27H24FN3O5/c1-2-16-3-5-18(6-4-16)15-29-26(33)24-30-21-12-11-20(28)23(22(21)25(32)31-24)36-14-13-17-7-9-19(10-8-17)27(34)35/h3-12H,2,13-15H2,1H3,(H,29,33)(H,34,35)(H,30,31,32). The number of ether oxygens (including phenoxy) is 1. The maximum Gasteiger partial charge on any atom is 0.335 e. The summed E-state index contributed by atoms with van der Waals surface area (Å²) in [4.78, 5) is 43.0. The molecule has 0 saturated carbocycles. The molecule has 3 aromatic carbocycles. The molecular formula is C27H24FN3O5. The average molecular weight is 490 g/mol. The van der Waals surface area contributed by atoms with Crippen molar-refractivity contribution in [1.82, 2.24) is 15.3 Å². The van der Waals surface area contributed by atoms with Crippen molar-refractivity contribution < 1.29 is 23.8 Å². The fourth-order valence-electron chi connectivity index (χ4n) is 3.67. The van der Waals surface area contributed by atoms with Crippen molar-refractivity contribution in [2.45, 2.75) is 26.3 Å². The Kier molecular flexibility index (Phi) is 7.39. The van der Waals surface area contributed by atoms with Crippen molar-refractivity contribution in [2.24, 2.45) is 0 Å². The zero-order valence-electron chi connectivity index (χ0n) is 19.5. The van der Waals surface area contributed by atoms with Crippen molar-refractivity contribution in [3.05, 3.63) is 105 Å². The molecule has 184 valence electrons. The van der Waals surface area contributed by atoms with E-state index in [1.807, 2.05) is 24.3 Å². The number of halogens is 1. The smallest absolute Gasteiger partial charge is 0.335 e. The summed E-state index contributed by atoms with van der Waals surface area (Å²) < 4.78 is 20.1. The van der Waals surface area contributed by atoms with Crippen LogP contribution in [0.25, 0.3) is 10.9 Å². The van der Waals surface area contributed by atoms with Gasteiger partial charge in [-0.1, -0.05) is 43.3 Å². The van der Waals surface area contributed by atoms with E-state index in [9.17, 15) is 18.8 Å². The van der Waals surface area contributed by atoms with Crippen LogP contribution in [-0.2, 0) is 19.4 Å². The van der Waals surface area contributed by atoms with E-state index in [2.05, 4.69) is 22.2 Å². The molecule has 9 heteroatoms. The minimum atomic E-state index is -1.03. The number of aryl methyl sites for hydroxylation is 1. The Morgan fingerprint density at radius 2 is 1.67 bits per heavy atom. The Morgan fingerprint density at radius 3 is 2.33 bits per heavy atom. The molecule has 0 aliphatic rings. The Hall–Kier alpha value is -4.53. The molecule has 4 rings (SSSR count). The van der Waals surface area contributed by atoms with E-state index in [0.29, 0.717) is 6.42 Å². The highest BCUT2D eigenvalue weighted by Gasteiger charge is 2.17. The van der Waals surface area contributed by atoms with Crippen LogP contribution in [-0.4, -0.2) is 33.6 Å². The number of nitrogens with one attached hydrogen (secondary N) is 2. The Morgan fingerprint density at radius 1 is 1.00 bits per heavy atom. The summed E-state index contributed by atoms with van der Waals surface area (Å²) in [5.41, 5.74) is 2.46. The van der Waals surface area contributed by atoms with Crippen LogP contribution in [0.2, 0.25) is 0 Å². The molecule has 36 heavy (non-hydrogen) atoms. The number of hydrogen-bond donors (Lipinski definition) is 3. The zero-order chi connectivity index (χ0) is 25.7. The lowest BCUT2D eigenvalue weighted by Crippen LogP contribution is -2.27. The summed E-state index contributed by atoms with van der Waals surface area (Å²) in [6.45, 7) is 2.36. The normalized spacial score (nSPS) is 10.8. The molecule has 8 nitrogen and oxygen atoms in total. The van der Waals surface area contributed by atoms with Gasteiger partial charge in [0.25, 0.3) is 11.5 Å². The summed E-state index contributed by atoms with van der Waals surface area (Å²) in [5, 5.41) is 11.6. The Labute approximate surface area is 205 Å². The van der Waals surface area contributed by atoms with Crippen molar-refractivity contribution >= 4 is 22.8 Å². The SMILES string of the molecule is CCc1ccc(CNC(=O)c2nc3ccc(F)c(OCCc4ccc(C(=O)O)cc4)c3c(=O)[nH]2)cc1. The number of nitrogens with zero attached hydrogens (tertiary/aromatic N) is 1. The molecule has 0 atom stereocenters. The first-order valence-electron chi connectivity index (χ1n) is 11.4. The fourth-order valence-corrected chi connectivity index (χ4v) is 3.67. The first-order chi connectivity index (χ1) is 17.4. The van der Waals surface area contributed by atoms with E-state index in [1.54, 1.807) is 12.1 Å². The second kappa shape index (κ2) is 10.8. The molecule has 1 heterocycles. The van der Waals surface area contributed by atoms with Gasteiger partial charge in [-0.2, -0.15) is 0 Å². The number of carboxylic acid groups (broad SMARTS) is 1. The van der Waals surface area contributed by atoms with E-state index >= 15 is 0 Å². The molecule has 0 saturated heterocycles. The van der Waals surface area contributed by atoms with Gasteiger partial charge >= 0.3 is 5.97 Å². The topological polar surface area (TPSA) is 121 Å². The minimum Gasteiger partial charge on any atom is -0.489 e. The lowest BCUT2D eigenvalue weighted by molar-refractivity contribution is 0.0696. The van der Waals surface area contributed by atoms with Crippen LogP contribution < -0.4 is 15.6 Å². The predicted octanol–water partition coefficient (Wildman–Crippen LogP) is 3.87. The first-order valence-corrected chi connectivity index (χ1v) is 11.4. The number of benzene rings is 3. The van der Waals surface area contributed by atoms with Crippen molar-refractivity contribution in [2.75, 3.05) is 6.61 Å². The predicted molar refractivity (Wildman–Crippen MR) is 132 cm³/mol. The number of aromatic carboxylic acids is 1. The average Bonchev–Trinajstić information content (AvgIpc) is 2.89. The number of fused-ring (bicyclic) bond motifs is 1. The minimum absolute atomic E-state index is 0.0426. The number of aromatic amines is 1. The first kappa shape index (κ1) is 24.6. The maximum atomic E-state index is 14.5. The lowest BCUT2D eigenvalue weighted by Gasteiger charge is -2.11.